The number of aryl methyl sites for hydroxylation is 1. The summed E-state index contributed by atoms with van der Waals surface area (Å²) in [6.07, 6.45) is 0.239. The lowest BCUT2D eigenvalue weighted by Crippen LogP contribution is -2.34. The zero-order chi connectivity index (χ0) is 28.3. The first-order valence-electron chi connectivity index (χ1n) is 12.1. The number of likely N-dealkylation sites (N-methyl/N-ethyl adjacent to an activating group) is 1. The number of halogens is 3. The van der Waals surface area contributed by atoms with Crippen molar-refractivity contribution in [1.82, 2.24) is 14.9 Å². The van der Waals surface area contributed by atoms with Crippen LogP contribution in [-0.4, -0.2) is 53.9 Å². The molecular weight excluding hydrogens is 499 g/mol. The second-order valence-electron chi connectivity index (χ2n) is 9.88. The van der Waals surface area contributed by atoms with Gasteiger partial charge in [-0.2, -0.15) is 13.2 Å². The van der Waals surface area contributed by atoms with Gasteiger partial charge in [-0.25, -0.2) is 14.8 Å². The van der Waals surface area contributed by atoms with Gasteiger partial charge in [0, 0.05) is 29.6 Å². The highest BCUT2D eigenvalue weighted by Crippen LogP contribution is 2.39. The van der Waals surface area contributed by atoms with Crippen molar-refractivity contribution in [2.75, 3.05) is 37.9 Å². The molecule has 11 heteroatoms. The van der Waals surface area contributed by atoms with Gasteiger partial charge in [0.25, 0.3) is 0 Å². The number of carbonyl (C=O) groups is 2. The fraction of sp³-hybridized carbons (Fsp3) is 0.407. The number of anilines is 2. The van der Waals surface area contributed by atoms with Crippen molar-refractivity contribution in [3.05, 3.63) is 65.0 Å². The molecule has 0 atom stereocenters. The zero-order valence-corrected chi connectivity index (χ0v) is 22.3. The Labute approximate surface area is 220 Å². The number of urea groups is 1. The van der Waals surface area contributed by atoms with Crippen LogP contribution in [0.1, 0.15) is 49.8 Å². The van der Waals surface area contributed by atoms with Crippen molar-refractivity contribution < 1.29 is 27.5 Å². The van der Waals surface area contributed by atoms with E-state index < -0.39 is 23.2 Å². The first-order valence-corrected chi connectivity index (χ1v) is 12.1. The van der Waals surface area contributed by atoms with E-state index in [4.69, 9.17) is 4.74 Å². The van der Waals surface area contributed by atoms with Gasteiger partial charge >= 0.3 is 12.2 Å². The lowest BCUT2D eigenvalue weighted by atomic mass is 9.81. The van der Waals surface area contributed by atoms with E-state index in [9.17, 15) is 22.8 Å². The lowest BCUT2D eigenvalue weighted by Gasteiger charge is -2.31. The molecule has 8 nitrogen and oxygen atoms in total. The van der Waals surface area contributed by atoms with Crippen molar-refractivity contribution in [2.45, 2.75) is 45.7 Å². The highest BCUT2D eigenvalue weighted by Gasteiger charge is 2.38. The molecule has 2 amide bonds. The number of rotatable bonds is 8. The summed E-state index contributed by atoms with van der Waals surface area (Å²) in [5.41, 5.74) is -0.0948. The van der Waals surface area contributed by atoms with Gasteiger partial charge in [-0.3, -0.25) is 4.79 Å². The maximum Gasteiger partial charge on any atom is 0.416 e. The van der Waals surface area contributed by atoms with Crippen molar-refractivity contribution in [2.24, 2.45) is 0 Å². The number of aromatic nitrogens is 2. The number of nitrogens with one attached hydrogen (secondary N) is 2. The molecule has 1 heterocycles. The van der Waals surface area contributed by atoms with Crippen LogP contribution in [-0.2, 0) is 21.1 Å². The number of allylic oxidation sites excluding steroid dienone is 4. The zero-order valence-electron chi connectivity index (χ0n) is 22.3. The van der Waals surface area contributed by atoms with Gasteiger partial charge in [0.05, 0.1) is 29.7 Å². The van der Waals surface area contributed by atoms with Gasteiger partial charge in [0.1, 0.15) is 0 Å². The number of hydrogen-bond donors (Lipinski definition) is 2. The van der Waals surface area contributed by atoms with E-state index in [2.05, 4.69) is 20.6 Å². The van der Waals surface area contributed by atoms with Gasteiger partial charge in [0.2, 0.25) is 5.78 Å². The van der Waals surface area contributed by atoms with Crippen molar-refractivity contribution in [3.63, 3.8) is 0 Å². The van der Waals surface area contributed by atoms with Crippen LogP contribution < -0.4 is 10.6 Å². The summed E-state index contributed by atoms with van der Waals surface area (Å²) in [6.45, 7) is 7.70. The number of amides is 2. The summed E-state index contributed by atoms with van der Waals surface area (Å²) in [6, 6.07) is 3.06. The Kier molecular flexibility index (Phi) is 8.61. The minimum atomic E-state index is -4.60. The lowest BCUT2D eigenvalue weighted by molar-refractivity contribution is -0.138. The van der Waals surface area contributed by atoms with Crippen LogP contribution in [0.3, 0.4) is 0 Å². The van der Waals surface area contributed by atoms with Crippen molar-refractivity contribution in [3.8, 4) is 0 Å². The summed E-state index contributed by atoms with van der Waals surface area (Å²) in [5, 5.41) is 5.04. The number of benzene rings is 1. The molecule has 0 aliphatic heterocycles. The third-order valence-corrected chi connectivity index (χ3v) is 5.88. The summed E-state index contributed by atoms with van der Waals surface area (Å²) in [7, 11) is 3.60. The van der Waals surface area contributed by atoms with Gasteiger partial charge in [0.15, 0.2) is 11.6 Å². The quantitative estimate of drug-likeness (QED) is 0.463. The minimum absolute atomic E-state index is 0.0000359. The van der Waals surface area contributed by atoms with Crippen LogP contribution in [0.15, 0.2) is 42.3 Å². The maximum absolute atomic E-state index is 13.9. The molecular formula is C27H32F3N5O3. The van der Waals surface area contributed by atoms with Gasteiger partial charge in [-0.15, -0.1) is 0 Å². The molecule has 2 aromatic rings. The van der Waals surface area contributed by atoms with E-state index in [0.29, 0.717) is 30.2 Å². The van der Waals surface area contributed by atoms with E-state index in [1.54, 1.807) is 53.9 Å². The first-order chi connectivity index (χ1) is 17.7. The summed E-state index contributed by atoms with van der Waals surface area (Å²) >= 11 is 0. The molecule has 0 spiro atoms. The summed E-state index contributed by atoms with van der Waals surface area (Å²) in [4.78, 5) is 35.1. The number of ether oxygens (including phenoxy) is 1. The third-order valence-electron chi connectivity index (χ3n) is 5.88. The average molecular weight is 532 g/mol. The Morgan fingerprint density at radius 3 is 2.47 bits per heavy atom. The molecule has 0 unspecified atom stereocenters. The molecule has 3 rings (SSSR count). The molecule has 0 saturated heterocycles. The summed E-state index contributed by atoms with van der Waals surface area (Å²) < 4.78 is 47.1. The van der Waals surface area contributed by atoms with Crippen LogP contribution in [0.2, 0.25) is 0 Å². The molecule has 204 valence electrons. The van der Waals surface area contributed by atoms with Crippen LogP contribution in [0.5, 0.6) is 0 Å². The van der Waals surface area contributed by atoms with Crippen molar-refractivity contribution >= 4 is 28.8 Å². The minimum Gasteiger partial charge on any atom is -0.490 e. The van der Waals surface area contributed by atoms with E-state index in [1.165, 1.54) is 18.3 Å². The summed E-state index contributed by atoms with van der Waals surface area (Å²) in [5.74, 6) is 0.455. The fourth-order valence-corrected chi connectivity index (χ4v) is 4.35. The number of nitrogens with zero attached hydrogens (tertiary/aromatic N) is 3. The predicted octanol–water partition coefficient (Wildman–Crippen LogP) is 5.56. The number of hydrogen-bond acceptors (Lipinski definition) is 6. The second kappa shape index (κ2) is 11.3. The highest BCUT2D eigenvalue weighted by atomic mass is 19.4. The number of Topliss-reactive ketones (excluding diaryl/α,β-unsaturated/α-hetero) is 1. The number of ketones is 1. The van der Waals surface area contributed by atoms with E-state index >= 15 is 0 Å². The second-order valence-corrected chi connectivity index (χ2v) is 9.88. The molecule has 1 aromatic heterocycles. The topological polar surface area (TPSA) is 96.4 Å². The Bertz CT molecular complexity index is 1280. The Morgan fingerprint density at radius 2 is 1.87 bits per heavy atom. The van der Waals surface area contributed by atoms with Gasteiger partial charge in [-0.05, 0) is 51.7 Å². The fourth-order valence-electron chi connectivity index (χ4n) is 4.35. The highest BCUT2D eigenvalue weighted by molar-refractivity contribution is 6.01. The Balaban J connectivity index is 1.78. The van der Waals surface area contributed by atoms with E-state index in [-0.39, 0.29) is 34.9 Å². The monoisotopic (exact) mass is 531 g/mol. The molecule has 2 N–H and O–H groups in total. The molecule has 38 heavy (non-hydrogen) atoms. The number of carbonyl (C=O) groups excluding carboxylic acids is 2. The molecule has 1 aliphatic rings. The van der Waals surface area contributed by atoms with E-state index in [1.807, 2.05) is 4.90 Å². The average Bonchev–Trinajstić information content (AvgIpc) is 2.80. The van der Waals surface area contributed by atoms with Crippen LogP contribution in [0.25, 0.3) is 5.57 Å². The number of alkyl halides is 3. The molecule has 0 saturated carbocycles. The smallest absolute Gasteiger partial charge is 0.416 e. The molecule has 0 bridgehead atoms. The molecule has 1 aliphatic carbocycles. The van der Waals surface area contributed by atoms with Gasteiger partial charge in [-0.1, -0.05) is 26.0 Å². The van der Waals surface area contributed by atoms with Crippen molar-refractivity contribution in [1.29, 1.82) is 0 Å². The van der Waals surface area contributed by atoms with E-state index in [0.717, 1.165) is 6.07 Å². The SMILES string of the molecule is CCOC1=CC(c2ncc(NC(=O)Nc3ccc(C(C)(C)CN(C)C)c(C(F)(F)F)c3)c(C)n2)=CCC1=O. The standard InChI is InChI=1S/C27H32F3N5O3/c1-7-38-23-12-17(8-11-22(23)36)24-31-14-21(16(2)32-24)34-25(37)33-18-9-10-19(20(13-18)27(28,29)30)26(3,4)15-35(5)6/h8-10,12-14H,7,11,15H2,1-6H3,(H2,33,34,37). The molecule has 1 aromatic carbocycles. The van der Waals surface area contributed by atoms with Crippen LogP contribution >= 0.6 is 0 Å². The predicted molar refractivity (Wildman–Crippen MR) is 140 cm³/mol. The van der Waals surface area contributed by atoms with Gasteiger partial charge < -0.3 is 20.3 Å². The molecule has 0 fully saturated rings. The molecule has 0 radical (unpaired) electrons. The Morgan fingerprint density at radius 1 is 1.16 bits per heavy atom. The van der Waals surface area contributed by atoms with Crippen LogP contribution in [0, 0.1) is 6.92 Å². The Hall–Kier alpha value is -3.73. The third kappa shape index (κ3) is 6.97. The van der Waals surface area contributed by atoms with Crippen LogP contribution in [0.4, 0.5) is 29.3 Å². The maximum atomic E-state index is 13.9. The first kappa shape index (κ1) is 28.8. The largest absolute Gasteiger partial charge is 0.490 e. The normalized spacial score (nSPS) is 14.2.